The van der Waals surface area contributed by atoms with Gasteiger partial charge in [0.25, 0.3) is 0 Å². The van der Waals surface area contributed by atoms with Crippen molar-refractivity contribution in [3.63, 3.8) is 0 Å². The molecule has 1 aromatic carbocycles. The van der Waals surface area contributed by atoms with Crippen LogP contribution < -0.4 is 5.73 Å². The first-order valence-corrected chi connectivity index (χ1v) is 7.42. The molecule has 0 aliphatic carbocycles. The van der Waals surface area contributed by atoms with Gasteiger partial charge in [0.2, 0.25) is 0 Å². The lowest BCUT2D eigenvalue weighted by atomic mass is 9.93. The zero-order chi connectivity index (χ0) is 14.7. The van der Waals surface area contributed by atoms with Crippen molar-refractivity contribution in [2.45, 2.75) is 45.2 Å². The summed E-state index contributed by atoms with van der Waals surface area (Å²) >= 11 is 0. The van der Waals surface area contributed by atoms with Crippen molar-refractivity contribution in [1.29, 1.82) is 0 Å². The van der Waals surface area contributed by atoms with E-state index in [0.717, 1.165) is 25.1 Å². The Morgan fingerprint density at radius 1 is 1.35 bits per heavy atom. The number of rotatable bonds is 4. The lowest BCUT2D eigenvalue weighted by Gasteiger charge is -2.37. The Morgan fingerprint density at radius 2 is 2.10 bits per heavy atom. The lowest BCUT2D eigenvalue weighted by Crippen LogP contribution is -2.41. The first-order chi connectivity index (χ1) is 9.49. The predicted molar refractivity (Wildman–Crippen MR) is 77.3 cm³/mol. The molecule has 0 spiro atoms. The Labute approximate surface area is 120 Å². The van der Waals surface area contributed by atoms with Gasteiger partial charge in [0.15, 0.2) is 11.6 Å². The van der Waals surface area contributed by atoms with Crippen LogP contribution in [0.15, 0.2) is 18.2 Å². The van der Waals surface area contributed by atoms with Gasteiger partial charge in [-0.25, -0.2) is 8.78 Å². The summed E-state index contributed by atoms with van der Waals surface area (Å²) in [5.41, 5.74) is 6.30. The topological polar surface area (TPSA) is 29.3 Å². The van der Waals surface area contributed by atoms with Crippen molar-refractivity contribution in [2.24, 2.45) is 11.7 Å². The molecule has 1 aliphatic rings. The zero-order valence-corrected chi connectivity index (χ0v) is 12.3. The van der Waals surface area contributed by atoms with Crippen molar-refractivity contribution in [1.82, 2.24) is 4.90 Å². The van der Waals surface area contributed by atoms with Crippen LogP contribution in [-0.4, -0.2) is 24.0 Å². The minimum Gasteiger partial charge on any atom is -0.324 e. The van der Waals surface area contributed by atoms with Crippen molar-refractivity contribution in [3.05, 3.63) is 35.4 Å². The fourth-order valence-electron chi connectivity index (χ4n) is 3.06. The molecule has 0 saturated carbocycles. The van der Waals surface area contributed by atoms with E-state index in [1.165, 1.54) is 18.9 Å². The van der Waals surface area contributed by atoms with E-state index in [1.807, 2.05) is 0 Å². The van der Waals surface area contributed by atoms with Crippen molar-refractivity contribution >= 4 is 0 Å². The summed E-state index contributed by atoms with van der Waals surface area (Å²) in [6.07, 6.45) is 3.05. The maximum absolute atomic E-state index is 13.7. The summed E-state index contributed by atoms with van der Waals surface area (Å²) in [4.78, 5) is 2.40. The largest absolute Gasteiger partial charge is 0.324 e. The van der Waals surface area contributed by atoms with Crippen LogP contribution in [0.5, 0.6) is 0 Å². The molecule has 3 atom stereocenters. The minimum atomic E-state index is -0.821. The van der Waals surface area contributed by atoms with E-state index in [4.69, 9.17) is 5.73 Å². The van der Waals surface area contributed by atoms with Crippen molar-refractivity contribution in [3.8, 4) is 0 Å². The molecular formula is C16H24F2N2. The lowest BCUT2D eigenvalue weighted by molar-refractivity contribution is 0.125. The average Bonchev–Trinajstić information content (AvgIpc) is 2.40. The number of hydrogen-bond donors (Lipinski definition) is 1. The summed E-state index contributed by atoms with van der Waals surface area (Å²) in [5, 5.41) is 0. The van der Waals surface area contributed by atoms with Gasteiger partial charge in [-0.2, -0.15) is 0 Å². The van der Waals surface area contributed by atoms with Crippen LogP contribution in [0.3, 0.4) is 0 Å². The summed E-state index contributed by atoms with van der Waals surface area (Å²) in [6.45, 7) is 6.41. The number of likely N-dealkylation sites (tertiary alicyclic amines) is 1. The third kappa shape index (κ3) is 3.55. The summed E-state index contributed by atoms with van der Waals surface area (Å²) in [5.74, 6) is -0.853. The highest BCUT2D eigenvalue weighted by molar-refractivity contribution is 5.22. The van der Waals surface area contributed by atoms with Gasteiger partial charge in [-0.15, -0.1) is 0 Å². The summed E-state index contributed by atoms with van der Waals surface area (Å²) < 4.78 is 26.9. The maximum Gasteiger partial charge on any atom is 0.163 e. The van der Waals surface area contributed by atoms with Gasteiger partial charge < -0.3 is 10.6 Å². The monoisotopic (exact) mass is 282 g/mol. The molecule has 2 rings (SSSR count). The molecule has 112 valence electrons. The van der Waals surface area contributed by atoms with Crippen LogP contribution >= 0.6 is 0 Å². The second-order valence-electron chi connectivity index (χ2n) is 6.05. The second-order valence-corrected chi connectivity index (χ2v) is 6.05. The molecule has 2 N–H and O–H groups in total. The molecule has 2 nitrogen and oxygen atoms in total. The van der Waals surface area contributed by atoms with E-state index < -0.39 is 17.7 Å². The molecule has 4 heteroatoms. The Kier molecular flexibility index (Phi) is 5.11. The van der Waals surface area contributed by atoms with Crippen LogP contribution in [-0.2, 0) is 0 Å². The Balaban J connectivity index is 1.92. The van der Waals surface area contributed by atoms with Gasteiger partial charge in [-0.3, -0.25) is 0 Å². The molecule has 0 radical (unpaired) electrons. The normalized spacial score (nSPS) is 25.6. The van der Waals surface area contributed by atoms with E-state index in [2.05, 4.69) is 18.7 Å². The minimum absolute atomic E-state index is 0.281. The third-order valence-corrected chi connectivity index (χ3v) is 4.38. The molecule has 1 aromatic rings. The summed E-state index contributed by atoms with van der Waals surface area (Å²) in [6, 6.07) is 4.31. The Morgan fingerprint density at radius 3 is 2.80 bits per heavy atom. The van der Waals surface area contributed by atoms with Gasteiger partial charge in [0.05, 0.1) is 0 Å². The van der Waals surface area contributed by atoms with Crippen molar-refractivity contribution < 1.29 is 8.78 Å². The summed E-state index contributed by atoms with van der Waals surface area (Å²) in [7, 11) is 0. The van der Waals surface area contributed by atoms with E-state index in [1.54, 1.807) is 6.07 Å². The first-order valence-electron chi connectivity index (χ1n) is 7.42. The smallest absolute Gasteiger partial charge is 0.163 e. The van der Waals surface area contributed by atoms with Gasteiger partial charge in [0.1, 0.15) is 0 Å². The Bertz CT molecular complexity index is 450. The van der Waals surface area contributed by atoms with Crippen LogP contribution in [0, 0.1) is 17.6 Å². The maximum atomic E-state index is 13.7. The molecule has 1 heterocycles. The number of piperidine rings is 1. The zero-order valence-electron chi connectivity index (χ0n) is 12.3. The molecule has 0 amide bonds. The fraction of sp³-hybridized carbons (Fsp3) is 0.625. The van der Waals surface area contributed by atoms with E-state index in [9.17, 15) is 8.78 Å². The molecule has 0 bridgehead atoms. The highest BCUT2D eigenvalue weighted by Gasteiger charge is 2.23. The number of halogens is 2. The molecule has 1 aliphatic heterocycles. The van der Waals surface area contributed by atoms with Gasteiger partial charge in [0, 0.05) is 24.2 Å². The number of nitrogens with zero attached hydrogens (tertiary/aromatic N) is 1. The van der Waals surface area contributed by atoms with E-state index in [-0.39, 0.29) is 5.56 Å². The fourth-order valence-corrected chi connectivity index (χ4v) is 3.06. The number of benzene rings is 1. The molecule has 3 unspecified atom stereocenters. The molecule has 1 saturated heterocycles. The molecule has 0 aromatic heterocycles. The van der Waals surface area contributed by atoms with Gasteiger partial charge >= 0.3 is 0 Å². The highest BCUT2D eigenvalue weighted by Crippen LogP contribution is 2.25. The van der Waals surface area contributed by atoms with Crippen LogP contribution in [0.1, 0.15) is 44.7 Å². The highest BCUT2D eigenvalue weighted by atomic mass is 19.2. The molecule has 1 fully saturated rings. The Hall–Kier alpha value is -1.00. The van der Waals surface area contributed by atoms with Crippen LogP contribution in [0.25, 0.3) is 0 Å². The second kappa shape index (κ2) is 6.64. The first kappa shape index (κ1) is 15.4. The predicted octanol–water partition coefficient (Wildman–Crippen LogP) is 3.48. The standard InChI is InChI=1S/C16H24F2N2/c1-11-6-8-20(12(2)10-11)9-7-15(19)13-4-3-5-14(17)16(13)18/h3-5,11-12,15H,6-10,19H2,1-2H3. The number of nitrogens with two attached hydrogens (primary N) is 1. The average molecular weight is 282 g/mol. The van der Waals surface area contributed by atoms with Crippen LogP contribution in [0.4, 0.5) is 8.78 Å². The van der Waals surface area contributed by atoms with E-state index >= 15 is 0 Å². The van der Waals surface area contributed by atoms with Gasteiger partial charge in [-0.05, 0) is 44.7 Å². The van der Waals surface area contributed by atoms with Gasteiger partial charge in [-0.1, -0.05) is 19.1 Å². The third-order valence-electron chi connectivity index (χ3n) is 4.38. The number of hydrogen-bond acceptors (Lipinski definition) is 2. The molecular weight excluding hydrogens is 258 g/mol. The van der Waals surface area contributed by atoms with Crippen molar-refractivity contribution in [2.75, 3.05) is 13.1 Å². The van der Waals surface area contributed by atoms with Crippen LogP contribution in [0.2, 0.25) is 0 Å². The quantitative estimate of drug-likeness (QED) is 0.916. The molecule has 20 heavy (non-hydrogen) atoms. The van der Waals surface area contributed by atoms with E-state index in [0.29, 0.717) is 12.5 Å². The SMILES string of the molecule is CC1CCN(CCC(N)c2cccc(F)c2F)C(C)C1.